The number of carbonyl (C=O) groups excluding carboxylic acids is 2. The van der Waals surface area contributed by atoms with Gasteiger partial charge in [-0.05, 0) is 55.2 Å². The second-order valence-electron chi connectivity index (χ2n) is 12.3. The van der Waals surface area contributed by atoms with Crippen LogP contribution in [0.5, 0.6) is 11.5 Å². The Morgan fingerprint density at radius 2 is 1.43 bits per heavy atom. The fourth-order valence-electron chi connectivity index (χ4n) is 8.33. The van der Waals surface area contributed by atoms with E-state index in [0.717, 1.165) is 48.4 Å². The molecule has 4 saturated heterocycles. The molecule has 212 valence electrons. The molecular formula is C33H30N4O5. The van der Waals surface area contributed by atoms with E-state index in [2.05, 4.69) is 28.0 Å². The van der Waals surface area contributed by atoms with Gasteiger partial charge in [-0.15, -0.1) is 0 Å². The molecule has 6 aliphatic rings. The van der Waals surface area contributed by atoms with Crippen molar-refractivity contribution in [2.24, 2.45) is 5.73 Å². The number of Topliss-reactive ketones (excluding diaryl/α,β-unsaturated/α-hetero) is 1. The second kappa shape index (κ2) is 8.42. The van der Waals surface area contributed by atoms with Crippen molar-refractivity contribution in [2.45, 2.75) is 48.8 Å². The number of nitrogens with two attached hydrogens (primary N) is 1. The van der Waals surface area contributed by atoms with E-state index < -0.39 is 11.3 Å². The molecule has 3 aromatic carbocycles. The van der Waals surface area contributed by atoms with Gasteiger partial charge in [0.05, 0.1) is 49.1 Å². The summed E-state index contributed by atoms with van der Waals surface area (Å²) in [5, 5.41) is 9.35. The molecule has 5 heterocycles. The molecule has 5 unspecified atom stereocenters. The highest BCUT2D eigenvalue weighted by molar-refractivity contribution is 6.53. The van der Waals surface area contributed by atoms with E-state index in [1.54, 1.807) is 18.2 Å². The zero-order chi connectivity index (χ0) is 28.3. The molecule has 0 aromatic heterocycles. The van der Waals surface area contributed by atoms with Crippen molar-refractivity contribution in [2.75, 3.05) is 36.2 Å². The minimum atomic E-state index is -1.23. The van der Waals surface area contributed by atoms with E-state index in [0.29, 0.717) is 72.2 Å². The largest absolute Gasteiger partial charge is 0.457 e. The minimum absolute atomic E-state index is 0.0503. The molecule has 0 saturated carbocycles. The molecule has 1 aliphatic carbocycles. The predicted octanol–water partition coefficient (Wildman–Crippen LogP) is 3.79. The second-order valence-corrected chi connectivity index (χ2v) is 12.3. The van der Waals surface area contributed by atoms with Gasteiger partial charge in [-0.3, -0.25) is 15.0 Å². The van der Waals surface area contributed by atoms with Gasteiger partial charge in [-0.25, -0.2) is 0 Å². The summed E-state index contributed by atoms with van der Waals surface area (Å²) in [7, 11) is 0. The summed E-state index contributed by atoms with van der Waals surface area (Å²) in [5.74, 6) is 0.297. The van der Waals surface area contributed by atoms with Crippen molar-refractivity contribution in [1.82, 2.24) is 0 Å². The molecule has 3 aromatic rings. The Kier molecular flexibility index (Phi) is 4.89. The minimum Gasteiger partial charge on any atom is -0.457 e. The number of nitrogens with one attached hydrogen (secondary N) is 1. The number of ketones is 1. The first-order valence-corrected chi connectivity index (χ1v) is 14.7. The van der Waals surface area contributed by atoms with Crippen LogP contribution in [0.2, 0.25) is 0 Å². The van der Waals surface area contributed by atoms with E-state index in [1.165, 1.54) is 0 Å². The number of fused-ring (bicyclic) bond motifs is 10. The van der Waals surface area contributed by atoms with Gasteiger partial charge in [0.2, 0.25) is 11.7 Å². The van der Waals surface area contributed by atoms with Crippen molar-refractivity contribution in [3.63, 3.8) is 0 Å². The molecule has 9 heteroatoms. The molecule has 4 bridgehead atoms. The van der Waals surface area contributed by atoms with Gasteiger partial charge < -0.3 is 29.7 Å². The lowest BCUT2D eigenvalue weighted by Gasteiger charge is -2.54. The van der Waals surface area contributed by atoms with Gasteiger partial charge in [0.1, 0.15) is 11.5 Å². The van der Waals surface area contributed by atoms with Crippen LogP contribution in [0.3, 0.4) is 0 Å². The number of ether oxygens (including phenoxy) is 3. The Bertz CT molecular complexity index is 1710. The van der Waals surface area contributed by atoms with Crippen LogP contribution in [-0.2, 0) is 14.9 Å². The monoisotopic (exact) mass is 562 g/mol. The maximum absolute atomic E-state index is 13.7. The first-order chi connectivity index (χ1) is 20.4. The molecule has 4 fully saturated rings. The van der Waals surface area contributed by atoms with Gasteiger partial charge in [-0.1, -0.05) is 12.1 Å². The summed E-state index contributed by atoms with van der Waals surface area (Å²) in [6.45, 7) is 2.87. The maximum Gasteiger partial charge on any atom is 0.248 e. The van der Waals surface area contributed by atoms with E-state index in [-0.39, 0.29) is 11.5 Å². The van der Waals surface area contributed by atoms with Gasteiger partial charge >= 0.3 is 0 Å². The van der Waals surface area contributed by atoms with Crippen LogP contribution in [0.25, 0.3) is 0 Å². The Morgan fingerprint density at radius 3 is 2.07 bits per heavy atom. The fourth-order valence-corrected chi connectivity index (χ4v) is 8.33. The normalized spacial score (nSPS) is 30.0. The number of anilines is 2. The Labute approximate surface area is 242 Å². The van der Waals surface area contributed by atoms with Gasteiger partial charge in [0.25, 0.3) is 0 Å². The zero-order valence-corrected chi connectivity index (χ0v) is 23.0. The summed E-state index contributed by atoms with van der Waals surface area (Å²) in [6, 6.07) is 18.5. The molecule has 0 radical (unpaired) electrons. The third-order valence-electron chi connectivity index (χ3n) is 10.3. The lowest BCUT2D eigenvalue weighted by Crippen LogP contribution is -2.64. The fraction of sp³-hybridized carbons (Fsp3) is 0.364. The van der Waals surface area contributed by atoms with E-state index in [4.69, 9.17) is 19.9 Å². The first kappa shape index (κ1) is 24.4. The van der Waals surface area contributed by atoms with Crippen molar-refractivity contribution < 1.29 is 23.8 Å². The Hall–Kier alpha value is -4.21. The van der Waals surface area contributed by atoms with Crippen LogP contribution < -0.4 is 20.3 Å². The standard InChI is InChI=1S/C33H30N4O5/c34-31-30(38)24-4-1-17(32(35)39)9-27(24)33(31)25-5-2-18(36-20-7-8-40-14-21(36)10-20)12-28(25)42-29-13-19(3-6-26(29)33)37-22-11-23(37)16-41-15-22/h1-6,9,12-13,20-23,34H,7-8,10-11,14-16H2,(H2,35,39). The van der Waals surface area contributed by atoms with E-state index in [9.17, 15) is 15.0 Å². The third kappa shape index (κ3) is 3.02. The van der Waals surface area contributed by atoms with Crippen LogP contribution in [0.4, 0.5) is 11.4 Å². The van der Waals surface area contributed by atoms with Crippen molar-refractivity contribution >= 4 is 28.8 Å². The quantitative estimate of drug-likeness (QED) is 0.499. The molecule has 5 atom stereocenters. The highest BCUT2D eigenvalue weighted by atomic mass is 16.5. The Balaban J connectivity index is 1.25. The summed E-state index contributed by atoms with van der Waals surface area (Å²) in [4.78, 5) is 30.8. The number of nitrogens with zero attached hydrogens (tertiary/aromatic N) is 2. The summed E-state index contributed by atoms with van der Waals surface area (Å²) >= 11 is 0. The average Bonchev–Trinajstić information content (AvgIpc) is 3.25. The molecule has 42 heavy (non-hydrogen) atoms. The molecule has 5 aliphatic heterocycles. The summed E-state index contributed by atoms with van der Waals surface area (Å²) < 4.78 is 18.3. The highest BCUT2D eigenvalue weighted by Gasteiger charge is 2.56. The summed E-state index contributed by atoms with van der Waals surface area (Å²) in [6.07, 6.45) is 3.20. The number of benzene rings is 3. The highest BCUT2D eigenvalue weighted by Crippen LogP contribution is 2.58. The predicted molar refractivity (Wildman–Crippen MR) is 155 cm³/mol. The number of morpholine rings is 1. The van der Waals surface area contributed by atoms with Gasteiger partial charge in [0, 0.05) is 58.4 Å². The lowest BCUT2D eigenvalue weighted by molar-refractivity contribution is 0.0103. The zero-order valence-electron chi connectivity index (χ0n) is 23.0. The molecule has 1 spiro atoms. The van der Waals surface area contributed by atoms with Gasteiger partial charge in [-0.2, -0.15) is 0 Å². The number of rotatable bonds is 3. The first-order valence-electron chi connectivity index (χ1n) is 14.7. The lowest BCUT2D eigenvalue weighted by atomic mass is 9.67. The van der Waals surface area contributed by atoms with E-state index >= 15 is 0 Å². The molecule has 1 amide bonds. The number of amides is 1. The SMILES string of the molecule is N=C1C(=O)c2ccc(C(N)=O)cc2C12c1ccc(N3C4CCOCC3C4)cc1Oc1cc(N3C4COCC3C4)ccc12. The molecule has 9 nitrogen and oxygen atoms in total. The van der Waals surface area contributed by atoms with E-state index in [1.807, 2.05) is 18.2 Å². The van der Waals surface area contributed by atoms with Crippen LogP contribution in [0.1, 0.15) is 56.7 Å². The number of primary amides is 1. The number of hydrogen-bond acceptors (Lipinski definition) is 8. The van der Waals surface area contributed by atoms with Crippen LogP contribution in [-0.4, -0.2) is 68.0 Å². The molecular weight excluding hydrogens is 532 g/mol. The summed E-state index contributed by atoms with van der Waals surface area (Å²) in [5.41, 5.74) is 9.27. The maximum atomic E-state index is 13.7. The van der Waals surface area contributed by atoms with Crippen LogP contribution in [0, 0.1) is 5.41 Å². The van der Waals surface area contributed by atoms with Gasteiger partial charge in [0.15, 0.2) is 0 Å². The average molecular weight is 563 g/mol. The number of hydrogen-bond donors (Lipinski definition) is 2. The molecule has 3 N–H and O–H groups in total. The van der Waals surface area contributed by atoms with Crippen LogP contribution in [0.15, 0.2) is 54.6 Å². The topological polar surface area (TPSA) is 118 Å². The molecule has 9 rings (SSSR count). The van der Waals surface area contributed by atoms with Crippen molar-refractivity contribution in [1.29, 1.82) is 5.41 Å². The third-order valence-corrected chi connectivity index (χ3v) is 10.3. The van der Waals surface area contributed by atoms with Crippen molar-refractivity contribution in [3.05, 3.63) is 82.4 Å². The smallest absolute Gasteiger partial charge is 0.248 e. The number of carbonyl (C=O) groups is 2. The Morgan fingerprint density at radius 1 is 0.810 bits per heavy atom. The van der Waals surface area contributed by atoms with Crippen LogP contribution >= 0.6 is 0 Å². The van der Waals surface area contributed by atoms with Crippen molar-refractivity contribution in [3.8, 4) is 11.5 Å².